The quantitative estimate of drug-likeness (QED) is 0.771. The Kier molecular flexibility index (Phi) is 4.51. The largest absolute Gasteiger partial charge is 0.472 e. The first kappa shape index (κ1) is 16.4. The number of pyridine rings is 1. The zero-order valence-corrected chi connectivity index (χ0v) is 14.3. The number of hydrogen-bond acceptors (Lipinski definition) is 4. The summed E-state index contributed by atoms with van der Waals surface area (Å²) in [4.78, 5) is 4.60. The normalized spacial score (nSPS) is 11.6. The molecule has 3 rings (SSSR count). The molecule has 124 valence electrons. The lowest BCUT2D eigenvalue weighted by Gasteiger charge is -2.09. The molecule has 0 aliphatic heterocycles. The van der Waals surface area contributed by atoms with Crippen LogP contribution >= 0.6 is 0 Å². The summed E-state index contributed by atoms with van der Waals surface area (Å²) in [7, 11) is -3.54. The fraction of sp³-hybridized carbons (Fsp3) is 0.167. The summed E-state index contributed by atoms with van der Waals surface area (Å²) < 4.78 is 32.4. The van der Waals surface area contributed by atoms with E-state index in [1.54, 1.807) is 30.9 Å². The third-order valence-electron chi connectivity index (χ3n) is 3.90. The summed E-state index contributed by atoms with van der Waals surface area (Å²) >= 11 is 0. The molecule has 5 nitrogen and oxygen atoms in total. The summed E-state index contributed by atoms with van der Waals surface area (Å²) in [6.45, 7) is 4.03. The number of nitrogens with zero attached hydrogens (tertiary/aromatic N) is 1. The van der Waals surface area contributed by atoms with E-state index in [4.69, 9.17) is 4.42 Å². The first-order chi connectivity index (χ1) is 11.5. The van der Waals surface area contributed by atoms with Crippen LogP contribution in [0.2, 0.25) is 0 Å². The Hall–Kier alpha value is -2.44. The summed E-state index contributed by atoms with van der Waals surface area (Å²) in [5.41, 5.74) is 4.47. The fourth-order valence-electron chi connectivity index (χ4n) is 2.25. The maximum absolute atomic E-state index is 12.4. The molecule has 6 heteroatoms. The number of benzene rings is 1. The summed E-state index contributed by atoms with van der Waals surface area (Å²) in [6.07, 6.45) is 4.86. The van der Waals surface area contributed by atoms with Crippen LogP contribution in [0.15, 0.2) is 64.4 Å². The van der Waals surface area contributed by atoms with Crippen LogP contribution in [0.25, 0.3) is 11.3 Å². The van der Waals surface area contributed by atoms with Gasteiger partial charge in [0, 0.05) is 18.3 Å². The van der Waals surface area contributed by atoms with Crippen molar-refractivity contribution in [1.82, 2.24) is 9.71 Å². The van der Waals surface area contributed by atoms with Crippen molar-refractivity contribution in [3.05, 3.63) is 71.8 Å². The maximum atomic E-state index is 12.4. The van der Waals surface area contributed by atoms with Crippen molar-refractivity contribution in [3.63, 3.8) is 0 Å². The number of rotatable bonds is 5. The van der Waals surface area contributed by atoms with Gasteiger partial charge in [-0.1, -0.05) is 12.1 Å². The van der Waals surface area contributed by atoms with Gasteiger partial charge < -0.3 is 4.42 Å². The molecule has 2 heterocycles. The minimum absolute atomic E-state index is 0.188. The predicted octanol–water partition coefficient (Wildman–Crippen LogP) is 3.44. The Morgan fingerprint density at radius 2 is 1.92 bits per heavy atom. The molecule has 24 heavy (non-hydrogen) atoms. The van der Waals surface area contributed by atoms with Crippen molar-refractivity contribution in [2.24, 2.45) is 0 Å². The van der Waals surface area contributed by atoms with Gasteiger partial charge in [0.25, 0.3) is 0 Å². The Labute approximate surface area is 141 Å². The highest BCUT2D eigenvalue weighted by Gasteiger charge is 2.14. The van der Waals surface area contributed by atoms with E-state index in [2.05, 4.69) is 9.71 Å². The molecule has 0 aliphatic carbocycles. The van der Waals surface area contributed by atoms with Crippen LogP contribution in [0.3, 0.4) is 0 Å². The van der Waals surface area contributed by atoms with E-state index in [1.165, 1.54) is 0 Å². The highest BCUT2D eigenvalue weighted by molar-refractivity contribution is 7.89. The molecule has 0 amide bonds. The van der Waals surface area contributed by atoms with Crippen LogP contribution in [0.4, 0.5) is 0 Å². The lowest BCUT2D eigenvalue weighted by Crippen LogP contribution is -2.23. The second kappa shape index (κ2) is 6.59. The zero-order chi connectivity index (χ0) is 17.2. The fourth-order valence-corrected chi connectivity index (χ4v) is 3.36. The first-order valence-corrected chi connectivity index (χ1v) is 8.98. The van der Waals surface area contributed by atoms with Gasteiger partial charge in [-0.25, -0.2) is 13.1 Å². The van der Waals surface area contributed by atoms with Gasteiger partial charge >= 0.3 is 0 Å². The van der Waals surface area contributed by atoms with Gasteiger partial charge in [0.05, 0.1) is 23.1 Å². The van der Waals surface area contributed by atoms with E-state index >= 15 is 0 Å². The first-order valence-electron chi connectivity index (χ1n) is 7.50. The van der Waals surface area contributed by atoms with Crippen LogP contribution in [-0.2, 0) is 16.6 Å². The average Bonchev–Trinajstić information content (AvgIpc) is 3.10. The van der Waals surface area contributed by atoms with Gasteiger partial charge in [0.1, 0.15) is 0 Å². The van der Waals surface area contributed by atoms with Gasteiger partial charge in [-0.05, 0) is 54.8 Å². The molecule has 0 unspecified atom stereocenters. The third kappa shape index (κ3) is 3.55. The van der Waals surface area contributed by atoms with Crippen LogP contribution in [-0.4, -0.2) is 13.4 Å². The zero-order valence-electron chi connectivity index (χ0n) is 13.5. The maximum Gasteiger partial charge on any atom is 0.240 e. The van der Waals surface area contributed by atoms with Crippen molar-refractivity contribution < 1.29 is 12.8 Å². The molecule has 0 bridgehead atoms. The minimum Gasteiger partial charge on any atom is -0.472 e. The van der Waals surface area contributed by atoms with Gasteiger partial charge in [-0.3, -0.25) is 4.98 Å². The molecule has 0 aliphatic rings. The van der Waals surface area contributed by atoms with Crippen molar-refractivity contribution in [2.45, 2.75) is 25.3 Å². The minimum atomic E-state index is -3.54. The lowest BCUT2D eigenvalue weighted by atomic mass is 10.1. The van der Waals surface area contributed by atoms with Crippen molar-refractivity contribution in [1.29, 1.82) is 0 Å². The van der Waals surface area contributed by atoms with Gasteiger partial charge in [0.15, 0.2) is 0 Å². The number of aryl methyl sites for hydroxylation is 2. The van der Waals surface area contributed by atoms with E-state index in [9.17, 15) is 8.42 Å². The number of sulfonamides is 1. The van der Waals surface area contributed by atoms with Crippen LogP contribution in [0.5, 0.6) is 0 Å². The molecule has 0 radical (unpaired) electrons. The Bertz CT molecular complexity index is 931. The van der Waals surface area contributed by atoms with Crippen molar-refractivity contribution in [2.75, 3.05) is 0 Å². The molecule has 0 saturated carbocycles. The molecule has 3 aromatic rings. The van der Waals surface area contributed by atoms with E-state index in [-0.39, 0.29) is 11.4 Å². The average molecular weight is 342 g/mol. The Balaban J connectivity index is 1.71. The van der Waals surface area contributed by atoms with E-state index in [0.717, 1.165) is 27.9 Å². The second-order valence-corrected chi connectivity index (χ2v) is 7.40. The van der Waals surface area contributed by atoms with E-state index < -0.39 is 10.0 Å². The van der Waals surface area contributed by atoms with E-state index in [1.807, 2.05) is 38.1 Å². The van der Waals surface area contributed by atoms with Gasteiger partial charge in [-0.2, -0.15) is 0 Å². The highest BCUT2D eigenvalue weighted by atomic mass is 32.2. The van der Waals surface area contributed by atoms with Crippen LogP contribution < -0.4 is 4.72 Å². The number of hydrogen-bond donors (Lipinski definition) is 1. The lowest BCUT2D eigenvalue weighted by molar-refractivity contribution is 0.568. The second-order valence-electron chi connectivity index (χ2n) is 5.63. The molecule has 1 N–H and O–H groups in total. The van der Waals surface area contributed by atoms with E-state index in [0.29, 0.717) is 0 Å². The van der Waals surface area contributed by atoms with Gasteiger partial charge in [0.2, 0.25) is 10.0 Å². The molecule has 0 saturated heterocycles. The van der Waals surface area contributed by atoms with Crippen molar-refractivity contribution >= 4 is 10.0 Å². The predicted molar refractivity (Wildman–Crippen MR) is 91.9 cm³/mol. The number of furan rings is 1. The standard InChI is InChI=1S/C18H18N2O3S/c1-13-3-5-17(9-14(13)2)24(21,22)20-11-15-4-6-18(19-10-15)16-7-8-23-12-16/h3-10,12,20H,11H2,1-2H3. The monoisotopic (exact) mass is 342 g/mol. The van der Waals surface area contributed by atoms with Crippen molar-refractivity contribution in [3.8, 4) is 11.3 Å². The third-order valence-corrected chi connectivity index (χ3v) is 5.30. The number of aromatic nitrogens is 1. The molecule has 1 aromatic carbocycles. The SMILES string of the molecule is Cc1ccc(S(=O)(=O)NCc2ccc(-c3ccoc3)nc2)cc1C. The molecule has 2 aromatic heterocycles. The Morgan fingerprint density at radius 3 is 2.54 bits per heavy atom. The molecule has 0 spiro atoms. The molecular formula is C18H18N2O3S. The van der Waals surface area contributed by atoms with Crippen LogP contribution in [0, 0.1) is 13.8 Å². The summed E-state index contributed by atoms with van der Waals surface area (Å²) in [6, 6.07) is 10.6. The molecule has 0 atom stereocenters. The van der Waals surface area contributed by atoms with Crippen LogP contribution in [0.1, 0.15) is 16.7 Å². The highest BCUT2D eigenvalue weighted by Crippen LogP contribution is 2.18. The number of nitrogens with one attached hydrogen (secondary N) is 1. The smallest absolute Gasteiger partial charge is 0.240 e. The summed E-state index contributed by atoms with van der Waals surface area (Å²) in [5.74, 6) is 0. The van der Waals surface area contributed by atoms with Gasteiger partial charge in [-0.15, -0.1) is 0 Å². The summed E-state index contributed by atoms with van der Waals surface area (Å²) in [5, 5.41) is 0. The molecule has 0 fully saturated rings. The Morgan fingerprint density at radius 1 is 1.08 bits per heavy atom. The topological polar surface area (TPSA) is 72.2 Å². The molecular weight excluding hydrogens is 324 g/mol.